The van der Waals surface area contributed by atoms with E-state index in [0.717, 1.165) is 11.1 Å². The average molecular weight is 360 g/mol. The first-order valence-electron chi connectivity index (χ1n) is 7.35. The Morgan fingerprint density at radius 3 is 2.42 bits per heavy atom. The Morgan fingerprint density at radius 2 is 1.79 bits per heavy atom. The van der Waals surface area contributed by atoms with E-state index in [1.54, 1.807) is 12.3 Å². The minimum absolute atomic E-state index is 0.447. The van der Waals surface area contributed by atoms with Gasteiger partial charge in [0.25, 0.3) is 0 Å². The van der Waals surface area contributed by atoms with Crippen LogP contribution in [0.15, 0.2) is 60.9 Å². The Hall–Kier alpha value is -2.30. The Bertz CT molecular complexity index is 841. The zero-order valence-corrected chi connectivity index (χ0v) is 14.2. The van der Waals surface area contributed by atoms with Gasteiger partial charge in [0.15, 0.2) is 0 Å². The highest BCUT2D eigenvalue weighted by Crippen LogP contribution is 2.25. The van der Waals surface area contributed by atoms with Crippen molar-refractivity contribution in [2.75, 3.05) is 0 Å². The molecule has 0 aliphatic carbocycles. The van der Waals surface area contributed by atoms with Gasteiger partial charge < -0.3 is 10.3 Å². The number of carbonyl (C=O) groups is 1. The molecule has 6 heteroatoms. The van der Waals surface area contributed by atoms with Crippen LogP contribution in [0.2, 0.25) is 10.0 Å². The number of halogens is 2. The molecule has 0 saturated heterocycles. The first kappa shape index (κ1) is 16.6. The third-order valence-electron chi connectivity index (χ3n) is 3.70. The van der Waals surface area contributed by atoms with E-state index in [1.807, 2.05) is 53.2 Å². The van der Waals surface area contributed by atoms with Gasteiger partial charge in [0.05, 0.1) is 0 Å². The van der Waals surface area contributed by atoms with Crippen LogP contribution in [-0.2, 0) is 11.3 Å². The SMILES string of the molecule is NC(=O)C(c1ccccc1)c1nccn1Cc1cc(Cl)cc(Cl)c1. The topological polar surface area (TPSA) is 60.9 Å². The van der Waals surface area contributed by atoms with Crippen molar-refractivity contribution < 1.29 is 4.79 Å². The van der Waals surface area contributed by atoms with Crippen molar-refractivity contribution in [3.8, 4) is 0 Å². The molecule has 24 heavy (non-hydrogen) atoms. The average Bonchev–Trinajstić information content (AvgIpc) is 2.95. The van der Waals surface area contributed by atoms with E-state index < -0.39 is 11.8 Å². The molecule has 0 aliphatic rings. The van der Waals surface area contributed by atoms with Gasteiger partial charge >= 0.3 is 0 Å². The third-order valence-corrected chi connectivity index (χ3v) is 4.14. The van der Waals surface area contributed by atoms with Crippen molar-refractivity contribution in [3.63, 3.8) is 0 Å². The number of primary amides is 1. The first-order valence-corrected chi connectivity index (χ1v) is 8.10. The van der Waals surface area contributed by atoms with Gasteiger partial charge in [-0.1, -0.05) is 53.5 Å². The first-order chi connectivity index (χ1) is 11.5. The number of nitrogens with zero attached hydrogens (tertiary/aromatic N) is 2. The predicted octanol–water partition coefficient (Wildman–Crippen LogP) is 3.86. The number of nitrogens with two attached hydrogens (primary N) is 1. The number of imidazole rings is 1. The summed E-state index contributed by atoms with van der Waals surface area (Å²) in [5.41, 5.74) is 7.36. The molecule has 2 N–H and O–H groups in total. The van der Waals surface area contributed by atoms with Crippen LogP contribution in [0.25, 0.3) is 0 Å². The molecule has 0 saturated carbocycles. The summed E-state index contributed by atoms with van der Waals surface area (Å²) in [4.78, 5) is 16.4. The van der Waals surface area contributed by atoms with Gasteiger partial charge in [-0.2, -0.15) is 0 Å². The van der Waals surface area contributed by atoms with Crippen LogP contribution in [0, 0.1) is 0 Å². The number of benzene rings is 2. The molecule has 0 spiro atoms. The number of hydrogen-bond acceptors (Lipinski definition) is 2. The van der Waals surface area contributed by atoms with Gasteiger partial charge in [0.1, 0.15) is 11.7 Å². The highest BCUT2D eigenvalue weighted by molar-refractivity contribution is 6.34. The minimum atomic E-state index is -0.615. The van der Waals surface area contributed by atoms with Gasteiger partial charge in [-0.05, 0) is 29.3 Å². The Balaban J connectivity index is 1.98. The number of carbonyl (C=O) groups excluding carboxylic acids is 1. The summed E-state index contributed by atoms with van der Waals surface area (Å²) in [6.45, 7) is 0.492. The van der Waals surface area contributed by atoms with E-state index in [-0.39, 0.29) is 0 Å². The van der Waals surface area contributed by atoms with E-state index in [9.17, 15) is 4.79 Å². The molecule has 0 radical (unpaired) electrons. The molecule has 0 fully saturated rings. The van der Waals surface area contributed by atoms with Crippen molar-refractivity contribution in [1.29, 1.82) is 0 Å². The van der Waals surface area contributed by atoms with Gasteiger partial charge in [0, 0.05) is 29.0 Å². The van der Waals surface area contributed by atoms with E-state index in [4.69, 9.17) is 28.9 Å². The third kappa shape index (κ3) is 3.61. The Morgan fingerprint density at radius 1 is 1.12 bits per heavy atom. The van der Waals surface area contributed by atoms with E-state index in [2.05, 4.69) is 4.98 Å². The fraction of sp³-hybridized carbons (Fsp3) is 0.111. The molecule has 3 rings (SSSR count). The van der Waals surface area contributed by atoms with Gasteiger partial charge in [-0.15, -0.1) is 0 Å². The number of aromatic nitrogens is 2. The van der Waals surface area contributed by atoms with E-state index in [0.29, 0.717) is 22.4 Å². The number of amides is 1. The molecule has 4 nitrogen and oxygen atoms in total. The second-order valence-corrected chi connectivity index (χ2v) is 6.31. The molecule has 0 aliphatic heterocycles. The molecule has 1 amide bonds. The zero-order valence-electron chi connectivity index (χ0n) is 12.7. The van der Waals surface area contributed by atoms with Crippen molar-refractivity contribution in [3.05, 3.63) is 87.9 Å². The largest absolute Gasteiger partial charge is 0.369 e. The highest BCUT2D eigenvalue weighted by Gasteiger charge is 2.24. The minimum Gasteiger partial charge on any atom is -0.369 e. The van der Waals surface area contributed by atoms with Crippen LogP contribution in [0.4, 0.5) is 0 Å². The summed E-state index contributed by atoms with van der Waals surface area (Å²) >= 11 is 12.1. The van der Waals surface area contributed by atoms with Crippen molar-refractivity contribution in [1.82, 2.24) is 9.55 Å². The molecule has 122 valence electrons. The molecule has 0 bridgehead atoms. The lowest BCUT2D eigenvalue weighted by Crippen LogP contribution is -2.25. The second kappa shape index (κ2) is 7.07. The van der Waals surface area contributed by atoms with Crippen LogP contribution in [0.1, 0.15) is 22.9 Å². The molecule has 1 aromatic heterocycles. The fourth-order valence-corrected chi connectivity index (χ4v) is 3.27. The zero-order chi connectivity index (χ0) is 17.1. The van der Waals surface area contributed by atoms with Crippen LogP contribution < -0.4 is 5.73 Å². The standard InChI is InChI=1S/C18H15Cl2N3O/c19-14-8-12(9-15(20)10-14)11-23-7-6-22-18(23)16(17(21)24)13-4-2-1-3-5-13/h1-10,16H,11H2,(H2,21,24). The lowest BCUT2D eigenvalue weighted by Gasteiger charge is -2.16. The molecule has 3 aromatic rings. The van der Waals surface area contributed by atoms with Crippen molar-refractivity contribution in [2.24, 2.45) is 5.73 Å². The summed E-state index contributed by atoms with van der Waals surface area (Å²) in [6, 6.07) is 14.7. The lowest BCUT2D eigenvalue weighted by atomic mass is 9.97. The molecule has 2 aromatic carbocycles. The molecule has 1 atom stereocenters. The molecule has 1 heterocycles. The van der Waals surface area contributed by atoms with Crippen LogP contribution in [0.5, 0.6) is 0 Å². The van der Waals surface area contributed by atoms with Gasteiger partial charge in [0.2, 0.25) is 5.91 Å². The van der Waals surface area contributed by atoms with Crippen LogP contribution in [0.3, 0.4) is 0 Å². The van der Waals surface area contributed by atoms with Crippen molar-refractivity contribution in [2.45, 2.75) is 12.5 Å². The second-order valence-electron chi connectivity index (χ2n) is 5.44. The smallest absolute Gasteiger partial charge is 0.232 e. The Kier molecular flexibility index (Phi) is 4.88. The predicted molar refractivity (Wildman–Crippen MR) is 95.3 cm³/mol. The summed E-state index contributed by atoms with van der Waals surface area (Å²) < 4.78 is 1.88. The summed E-state index contributed by atoms with van der Waals surface area (Å²) in [5.74, 6) is -0.474. The summed E-state index contributed by atoms with van der Waals surface area (Å²) in [7, 11) is 0. The molecular formula is C18H15Cl2N3O. The molecule has 1 unspecified atom stereocenters. The summed E-state index contributed by atoms with van der Waals surface area (Å²) in [5, 5.41) is 1.13. The summed E-state index contributed by atoms with van der Waals surface area (Å²) in [6.07, 6.45) is 3.46. The van der Waals surface area contributed by atoms with Crippen LogP contribution >= 0.6 is 23.2 Å². The van der Waals surface area contributed by atoms with Gasteiger partial charge in [-0.3, -0.25) is 4.79 Å². The quantitative estimate of drug-likeness (QED) is 0.751. The lowest BCUT2D eigenvalue weighted by molar-refractivity contribution is -0.118. The highest BCUT2D eigenvalue weighted by atomic mass is 35.5. The van der Waals surface area contributed by atoms with Crippen LogP contribution in [-0.4, -0.2) is 15.5 Å². The van der Waals surface area contributed by atoms with Crippen molar-refractivity contribution >= 4 is 29.1 Å². The van der Waals surface area contributed by atoms with E-state index in [1.165, 1.54) is 0 Å². The maximum absolute atomic E-state index is 12.0. The maximum atomic E-state index is 12.0. The van der Waals surface area contributed by atoms with Gasteiger partial charge in [-0.25, -0.2) is 4.98 Å². The fourth-order valence-electron chi connectivity index (χ4n) is 2.70. The number of hydrogen-bond donors (Lipinski definition) is 1. The maximum Gasteiger partial charge on any atom is 0.232 e. The molecular weight excluding hydrogens is 345 g/mol. The number of rotatable bonds is 5. The van der Waals surface area contributed by atoms with E-state index >= 15 is 0 Å². The normalized spacial score (nSPS) is 12.1. The Labute approximate surface area is 149 Å². The monoisotopic (exact) mass is 359 g/mol.